The normalized spacial score (nSPS) is 10.2. The Kier molecular flexibility index (Phi) is 3.28. The number of carbonyl (C=O) groups is 1. The smallest absolute Gasteiger partial charge is 0.303 e. The number of rotatable bonds is 3. The molecule has 0 saturated carbocycles. The van der Waals surface area contributed by atoms with Gasteiger partial charge in [0.05, 0.1) is 0 Å². The van der Waals surface area contributed by atoms with Crippen LogP contribution >= 0.6 is 0 Å². The van der Waals surface area contributed by atoms with Crippen molar-refractivity contribution in [3.05, 3.63) is 34.4 Å². The maximum absolute atomic E-state index is 10.5. The average molecular weight is 192 g/mol. The maximum atomic E-state index is 10.5. The molecule has 1 rings (SSSR count). The Labute approximate surface area is 84.6 Å². The van der Waals surface area contributed by atoms with Crippen molar-refractivity contribution in [3.63, 3.8) is 0 Å². The molecule has 14 heavy (non-hydrogen) atoms. The van der Waals surface area contributed by atoms with E-state index in [0.717, 1.165) is 0 Å². The van der Waals surface area contributed by atoms with Gasteiger partial charge in [-0.25, -0.2) is 0 Å². The first kappa shape index (κ1) is 10.8. The van der Waals surface area contributed by atoms with Gasteiger partial charge in [-0.1, -0.05) is 12.1 Å². The van der Waals surface area contributed by atoms with Crippen molar-refractivity contribution in [2.75, 3.05) is 0 Å². The average Bonchev–Trinajstić information content (AvgIpc) is 2.11. The first-order valence-electron chi connectivity index (χ1n) is 4.80. The van der Waals surface area contributed by atoms with Crippen LogP contribution < -0.4 is 0 Å². The molecule has 0 fully saturated rings. The van der Waals surface area contributed by atoms with Gasteiger partial charge in [-0.3, -0.25) is 4.79 Å². The minimum absolute atomic E-state index is 0.213. The summed E-state index contributed by atoms with van der Waals surface area (Å²) >= 11 is 0. The zero-order valence-corrected chi connectivity index (χ0v) is 8.92. The molecule has 0 aliphatic rings. The second kappa shape index (κ2) is 4.27. The molecule has 0 aliphatic carbocycles. The van der Waals surface area contributed by atoms with Crippen LogP contribution in [0.3, 0.4) is 0 Å². The Balaban J connectivity index is 2.95. The number of hydrogen-bond donors (Lipinski definition) is 1. The molecular weight excluding hydrogens is 176 g/mol. The lowest BCUT2D eigenvalue weighted by Crippen LogP contribution is -2.02. The fourth-order valence-corrected chi connectivity index (χ4v) is 1.63. The highest BCUT2D eigenvalue weighted by Gasteiger charge is 2.06. The van der Waals surface area contributed by atoms with E-state index >= 15 is 0 Å². The van der Waals surface area contributed by atoms with E-state index in [9.17, 15) is 4.79 Å². The predicted octanol–water partition coefficient (Wildman–Crippen LogP) is 2.63. The molecule has 0 spiro atoms. The molecule has 0 aliphatic heterocycles. The Bertz CT molecular complexity index is 354. The Morgan fingerprint density at radius 2 is 1.79 bits per heavy atom. The van der Waals surface area contributed by atoms with Crippen LogP contribution in [0.25, 0.3) is 0 Å². The molecule has 0 radical (unpaired) electrons. The topological polar surface area (TPSA) is 37.3 Å². The lowest BCUT2D eigenvalue weighted by Gasteiger charge is -2.10. The molecule has 1 aromatic carbocycles. The van der Waals surface area contributed by atoms with Gasteiger partial charge in [0, 0.05) is 6.42 Å². The fourth-order valence-electron chi connectivity index (χ4n) is 1.63. The van der Waals surface area contributed by atoms with Gasteiger partial charge >= 0.3 is 5.97 Å². The monoisotopic (exact) mass is 192 g/mol. The molecule has 1 aromatic rings. The summed E-state index contributed by atoms with van der Waals surface area (Å²) < 4.78 is 0. The number of carboxylic acids is 1. The van der Waals surface area contributed by atoms with Gasteiger partial charge in [-0.05, 0) is 49.4 Å². The summed E-state index contributed by atoms with van der Waals surface area (Å²) in [5.74, 6) is -0.731. The van der Waals surface area contributed by atoms with Crippen molar-refractivity contribution < 1.29 is 9.90 Å². The summed E-state index contributed by atoms with van der Waals surface area (Å²) in [6, 6.07) is 4.13. The van der Waals surface area contributed by atoms with E-state index in [4.69, 9.17) is 5.11 Å². The highest BCUT2D eigenvalue weighted by atomic mass is 16.4. The molecule has 0 amide bonds. The summed E-state index contributed by atoms with van der Waals surface area (Å²) in [5.41, 5.74) is 4.84. The van der Waals surface area contributed by atoms with E-state index in [1.54, 1.807) is 0 Å². The summed E-state index contributed by atoms with van der Waals surface area (Å²) in [7, 11) is 0. The van der Waals surface area contributed by atoms with Gasteiger partial charge in [0.1, 0.15) is 0 Å². The van der Waals surface area contributed by atoms with Crippen molar-refractivity contribution in [2.45, 2.75) is 33.6 Å². The van der Waals surface area contributed by atoms with Crippen molar-refractivity contribution in [1.82, 2.24) is 0 Å². The molecule has 0 bridgehead atoms. The zero-order valence-electron chi connectivity index (χ0n) is 8.92. The summed E-state index contributed by atoms with van der Waals surface area (Å²) in [5, 5.41) is 8.63. The zero-order chi connectivity index (χ0) is 10.7. The van der Waals surface area contributed by atoms with Crippen LogP contribution in [-0.2, 0) is 11.2 Å². The van der Waals surface area contributed by atoms with Crippen LogP contribution in [-0.4, -0.2) is 11.1 Å². The van der Waals surface area contributed by atoms with Crippen molar-refractivity contribution in [2.24, 2.45) is 0 Å². The molecule has 76 valence electrons. The van der Waals surface area contributed by atoms with Crippen molar-refractivity contribution in [1.29, 1.82) is 0 Å². The first-order chi connectivity index (χ1) is 6.52. The molecule has 0 heterocycles. The maximum Gasteiger partial charge on any atom is 0.303 e. The quantitative estimate of drug-likeness (QED) is 0.799. The largest absolute Gasteiger partial charge is 0.481 e. The van der Waals surface area contributed by atoms with Crippen molar-refractivity contribution in [3.8, 4) is 0 Å². The van der Waals surface area contributed by atoms with Gasteiger partial charge in [-0.15, -0.1) is 0 Å². The van der Waals surface area contributed by atoms with E-state index in [-0.39, 0.29) is 6.42 Å². The number of hydrogen-bond acceptors (Lipinski definition) is 1. The lowest BCUT2D eigenvalue weighted by atomic mass is 9.95. The summed E-state index contributed by atoms with van der Waals surface area (Å²) in [6.45, 7) is 6.14. The van der Waals surface area contributed by atoms with E-state index in [0.29, 0.717) is 6.42 Å². The molecular formula is C12H16O2. The van der Waals surface area contributed by atoms with Gasteiger partial charge in [-0.2, -0.15) is 0 Å². The first-order valence-corrected chi connectivity index (χ1v) is 4.80. The molecule has 0 atom stereocenters. The number of benzene rings is 1. The molecule has 2 nitrogen and oxygen atoms in total. The van der Waals surface area contributed by atoms with Crippen LogP contribution in [0.15, 0.2) is 12.1 Å². The van der Waals surface area contributed by atoms with Gasteiger partial charge in [0.15, 0.2) is 0 Å². The van der Waals surface area contributed by atoms with Crippen LogP contribution in [0.5, 0.6) is 0 Å². The Morgan fingerprint density at radius 3 is 2.36 bits per heavy atom. The molecule has 0 aromatic heterocycles. The minimum atomic E-state index is -0.731. The summed E-state index contributed by atoms with van der Waals surface area (Å²) in [4.78, 5) is 10.5. The third kappa shape index (κ3) is 2.34. The van der Waals surface area contributed by atoms with Gasteiger partial charge in [0.2, 0.25) is 0 Å². The van der Waals surface area contributed by atoms with E-state index < -0.39 is 5.97 Å². The van der Waals surface area contributed by atoms with Gasteiger partial charge < -0.3 is 5.11 Å². The highest BCUT2D eigenvalue weighted by molar-refractivity contribution is 5.67. The number of aliphatic carboxylic acids is 1. The summed E-state index contributed by atoms with van der Waals surface area (Å²) in [6.07, 6.45) is 0.847. The van der Waals surface area contributed by atoms with Gasteiger partial charge in [0.25, 0.3) is 0 Å². The molecule has 1 N–H and O–H groups in total. The van der Waals surface area contributed by atoms with E-state index in [2.05, 4.69) is 26.0 Å². The molecule has 2 heteroatoms. The van der Waals surface area contributed by atoms with Crippen LogP contribution in [0.4, 0.5) is 0 Å². The van der Waals surface area contributed by atoms with Crippen LogP contribution in [0.1, 0.15) is 28.7 Å². The Morgan fingerprint density at radius 1 is 1.21 bits per heavy atom. The third-order valence-corrected chi connectivity index (χ3v) is 2.69. The SMILES string of the molecule is Cc1ccc(C)c(CCC(=O)O)c1C. The second-order valence-electron chi connectivity index (χ2n) is 3.70. The van der Waals surface area contributed by atoms with Crippen LogP contribution in [0, 0.1) is 20.8 Å². The third-order valence-electron chi connectivity index (χ3n) is 2.69. The van der Waals surface area contributed by atoms with Crippen molar-refractivity contribution >= 4 is 5.97 Å². The highest BCUT2D eigenvalue weighted by Crippen LogP contribution is 2.18. The standard InChI is InChI=1S/C12H16O2/c1-8-4-5-9(2)11(10(8)3)6-7-12(13)14/h4-5H,6-7H2,1-3H3,(H,13,14). The second-order valence-corrected chi connectivity index (χ2v) is 3.70. The molecule has 0 saturated heterocycles. The van der Waals surface area contributed by atoms with E-state index in [1.165, 1.54) is 22.3 Å². The fraction of sp³-hybridized carbons (Fsp3) is 0.417. The van der Waals surface area contributed by atoms with Crippen LogP contribution in [0.2, 0.25) is 0 Å². The number of aryl methyl sites for hydroxylation is 2. The predicted molar refractivity (Wildman–Crippen MR) is 56.6 cm³/mol. The lowest BCUT2D eigenvalue weighted by molar-refractivity contribution is -0.136. The minimum Gasteiger partial charge on any atom is -0.481 e. The van der Waals surface area contributed by atoms with E-state index in [1.807, 2.05) is 6.92 Å². The molecule has 0 unspecified atom stereocenters. The number of carboxylic acid groups (broad SMARTS) is 1. The Hall–Kier alpha value is -1.31.